The minimum atomic E-state index is -0.394. The number of nitrogens with zero attached hydrogens (tertiary/aromatic N) is 1. The van der Waals surface area contributed by atoms with Crippen LogP contribution in [0.2, 0.25) is 0 Å². The third kappa shape index (κ3) is 3.80. The van der Waals surface area contributed by atoms with Gasteiger partial charge in [-0.2, -0.15) is 0 Å². The molecule has 0 radical (unpaired) electrons. The first-order valence-corrected chi connectivity index (χ1v) is 10.4. The molecule has 0 saturated carbocycles. The average molecular weight is 407 g/mol. The number of hydrogen-bond acceptors (Lipinski definition) is 5. The maximum absolute atomic E-state index is 12.7. The Labute approximate surface area is 172 Å². The summed E-state index contributed by atoms with van der Waals surface area (Å²) < 4.78 is 5.35. The number of H-pyrrole nitrogens is 1. The van der Waals surface area contributed by atoms with Crippen LogP contribution in [0.1, 0.15) is 40.5 Å². The zero-order chi connectivity index (χ0) is 20.5. The fraction of sp³-hybridized carbons (Fsp3) is 0.261. The van der Waals surface area contributed by atoms with Crippen LogP contribution in [0.3, 0.4) is 0 Å². The molecule has 0 saturated heterocycles. The quantitative estimate of drug-likeness (QED) is 0.481. The molecular formula is C23H22N2O3S. The number of fused-ring (bicyclic) bond motifs is 2. The SMILES string of the molecule is Cc1c(C(=O)OCC(C)C)sc2nc(Cc3cccc4ccccc34)[nH]c(=O)c12. The van der Waals surface area contributed by atoms with Gasteiger partial charge in [0.25, 0.3) is 5.56 Å². The van der Waals surface area contributed by atoms with E-state index < -0.39 is 5.97 Å². The Balaban J connectivity index is 1.72. The minimum absolute atomic E-state index is 0.220. The van der Waals surface area contributed by atoms with Gasteiger partial charge in [0.15, 0.2) is 0 Å². The maximum atomic E-state index is 12.7. The van der Waals surface area contributed by atoms with Crippen LogP contribution in [0.5, 0.6) is 0 Å². The lowest BCUT2D eigenvalue weighted by atomic mass is 10.0. The number of aryl methyl sites for hydroxylation is 1. The molecule has 0 amide bonds. The Bertz CT molecular complexity index is 1270. The molecule has 0 unspecified atom stereocenters. The van der Waals surface area contributed by atoms with Crippen molar-refractivity contribution in [3.8, 4) is 0 Å². The molecule has 0 atom stereocenters. The van der Waals surface area contributed by atoms with E-state index in [4.69, 9.17) is 4.74 Å². The monoisotopic (exact) mass is 406 g/mol. The van der Waals surface area contributed by atoms with E-state index in [-0.39, 0.29) is 11.5 Å². The fourth-order valence-electron chi connectivity index (χ4n) is 3.40. The van der Waals surface area contributed by atoms with E-state index in [0.29, 0.717) is 39.5 Å². The first-order valence-electron chi connectivity index (χ1n) is 9.60. The number of aromatic amines is 1. The molecule has 29 heavy (non-hydrogen) atoms. The van der Waals surface area contributed by atoms with Gasteiger partial charge in [0.05, 0.1) is 12.0 Å². The Morgan fingerprint density at radius 2 is 1.93 bits per heavy atom. The summed E-state index contributed by atoms with van der Waals surface area (Å²) >= 11 is 1.22. The molecule has 2 aromatic carbocycles. The highest BCUT2D eigenvalue weighted by Crippen LogP contribution is 2.28. The summed E-state index contributed by atoms with van der Waals surface area (Å²) in [5.74, 6) is 0.443. The van der Waals surface area contributed by atoms with Crippen molar-refractivity contribution in [1.29, 1.82) is 0 Å². The van der Waals surface area contributed by atoms with Gasteiger partial charge in [-0.05, 0) is 34.7 Å². The van der Waals surface area contributed by atoms with E-state index in [1.165, 1.54) is 11.3 Å². The van der Waals surface area contributed by atoms with Crippen molar-refractivity contribution in [2.24, 2.45) is 5.92 Å². The highest BCUT2D eigenvalue weighted by molar-refractivity contribution is 7.20. The summed E-state index contributed by atoms with van der Waals surface area (Å²) in [7, 11) is 0. The van der Waals surface area contributed by atoms with E-state index >= 15 is 0 Å². The fourth-order valence-corrected chi connectivity index (χ4v) is 4.50. The van der Waals surface area contributed by atoms with Crippen LogP contribution in [-0.4, -0.2) is 22.5 Å². The number of nitrogens with one attached hydrogen (secondary N) is 1. The van der Waals surface area contributed by atoms with E-state index in [0.717, 1.165) is 16.3 Å². The van der Waals surface area contributed by atoms with Crippen LogP contribution in [0.25, 0.3) is 21.0 Å². The van der Waals surface area contributed by atoms with Crippen LogP contribution in [0.4, 0.5) is 0 Å². The van der Waals surface area contributed by atoms with Crippen LogP contribution < -0.4 is 5.56 Å². The third-order valence-corrected chi connectivity index (χ3v) is 5.99. The van der Waals surface area contributed by atoms with Crippen LogP contribution in [0.15, 0.2) is 47.3 Å². The van der Waals surface area contributed by atoms with Gasteiger partial charge in [-0.15, -0.1) is 11.3 Å². The first-order chi connectivity index (χ1) is 13.9. The summed E-state index contributed by atoms with van der Waals surface area (Å²) in [6.07, 6.45) is 0.511. The minimum Gasteiger partial charge on any atom is -0.461 e. The second-order valence-electron chi connectivity index (χ2n) is 7.56. The Kier molecular flexibility index (Phi) is 5.20. The van der Waals surface area contributed by atoms with E-state index in [1.54, 1.807) is 6.92 Å². The Morgan fingerprint density at radius 1 is 1.17 bits per heavy atom. The standard InChI is InChI=1S/C23H22N2O3S/c1-13(2)12-28-23(27)20-14(3)19-21(26)24-18(25-22(19)29-20)11-16-9-6-8-15-7-4-5-10-17(15)16/h4-10,13H,11-12H2,1-3H3,(H,24,25,26). The molecular weight excluding hydrogens is 384 g/mol. The van der Waals surface area contributed by atoms with Crippen molar-refractivity contribution in [1.82, 2.24) is 9.97 Å². The van der Waals surface area contributed by atoms with E-state index in [2.05, 4.69) is 28.2 Å². The molecule has 0 aliphatic rings. The smallest absolute Gasteiger partial charge is 0.348 e. The molecule has 1 N–H and O–H groups in total. The second kappa shape index (κ2) is 7.79. The lowest BCUT2D eigenvalue weighted by molar-refractivity contribution is 0.0464. The van der Waals surface area contributed by atoms with Crippen molar-refractivity contribution in [3.63, 3.8) is 0 Å². The molecule has 148 valence electrons. The normalized spacial score (nSPS) is 11.4. The van der Waals surface area contributed by atoms with E-state index in [9.17, 15) is 9.59 Å². The van der Waals surface area contributed by atoms with Gasteiger partial charge < -0.3 is 9.72 Å². The van der Waals surface area contributed by atoms with Gasteiger partial charge in [0.1, 0.15) is 15.5 Å². The van der Waals surface area contributed by atoms with Gasteiger partial charge >= 0.3 is 5.97 Å². The van der Waals surface area contributed by atoms with Crippen LogP contribution in [-0.2, 0) is 11.2 Å². The number of hydrogen-bond donors (Lipinski definition) is 1. The maximum Gasteiger partial charge on any atom is 0.348 e. The van der Waals surface area contributed by atoms with Crippen molar-refractivity contribution >= 4 is 38.3 Å². The third-order valence-electron chi connectivity index (χ3n) is 4.82. The number of carbonyl (C=O) groups excluding carboxylic acids is 1. The Morgan fingerprint density at radius 3 is 2.72 bits per heavy atom. The molecule has 4 aromatic rings. The largest absolute Gasteiger partial charge is 0.461 e. The molecule has 0 aliphatic heterocycles. The van der Waals surface area contributed by atoms with Crippen LogP contribution >= 0.6 is 11.3 Å². The van der Waals surface area contributed by atoms with Crippen molar-refractivity contribution in [2.75, 3.05) is 6.61 Å². The van der Waals surface area contributed by atoms with Gasteiger partial charge in [-0.3, -0.25) is 4.79 Å². The number of thiophene rings is 1. The molecule has 5 nitrogen and oxygen atoms in total. The molecule has 0 aliphatic carbocycles. The number of ether oxygens (including phenoxy) is 1. The van der Waals surface area contributed by atoms with Gasteiger partial charge in [-0.1, -0.05) is 56.3 Å². The number of rotatable bonds is 5. The number of aromatic nitrogens is 2. The molecule has 2 heterocycles. The number of carbonyl (C=O) groups is 1. The summed E-state index contributed by atoms with van der Waals surface area (Å²) in [4.78, 5) is 33.7. The lowest BCUT2D eigenvalue weighted by Gasteiger charge is -2.06. The molecule has 4 rings (SSSR count). The summed E-state index contributed by atoms with van der Waals surface area (Å²) in [6.45, 7) is 6.09. The highest BCUT2D eigenvalue weighted by Gasteiger charge is 2.21. The van der Waals surface area contributed by atoms with Crippen molar-refractivity contribution in [2.45, 2.75) is 27.2 Å². The first kappa shape index (κ1) is 19.3. The predicted molar refractivity (Wildman–Crippen MR) is 117 cm³/mol. The average Bonchev–Trinajstić information content (AvgIpc) is 3.03. The summed E-state index contributed by atoms with van der Waals surface area (Å²) in [5, 5.41) is 2.75. The topological polar surface area (TPSA) is 72.0 Å². The molecule has 6 heteroatoms. The summed E-state index contributed by atoms with van der Waals surface area (Å²) in [5.41, 5.74) is 1.50. The zero-order valence-electron chi connectivity index (χ0n) is 16.6. The summed E-state index contributed by atoms with van der Waals surface area (Å²) in [6, 6.07) is 14.3. The van der Waals surface area contributed by atoms with Gasteiger partial charge in [-0.25, -0.2) is 9.78 Å². The molecule has 2 aromatic heterocycles. The molecule has 0 spiro atoms. The molecule has 0 fully saturated rings. The zero-order valence-corrected chi connectivity index (χ0v) is 17.4. The van der Waals surface area contributed by atoms with Gasteiger partial charge in [0.2, 0.25) is 0 Å². The predicted octanol–water partition coefficient (Wildman–Crippen LogP) is 4.85. The second-order valence-corrected chi connectivity index (χ2v) is 8.56. The van der Waals surface area contributed by atoms with Crippen molar-refractivity contribution in [3.05, 3.63) is 74.6 Å². The molecule has 0 bridgehead atoms. The lowest BCUT2D eigenvalue weighted by Crippen LogP contribution is -2.13. The van der Waals surface area contributed by atoms with Gasteiger partial charge in [0, 0.05) is 6.42 Å². The van der Waals surface area contributed by atoms with E-state index in [1.807, 2.05) is 38.1 Å². The number of esters is 1. The highest BCUT2D eigenvalue weighted by atomic mass is 32.1. The number of benzene rings is 2. The Hall–Kier alpha value is -2.99. The van der Waals surface area contributed by atoms with Crippen LogP contribution in [0, 0.1) is 12.8 Å². The van der Waals surface area contributed by atoms with Crippen molar-refractivity contribution < 1.29 is 9.53 Å².